The zero-order chi connectivity index (χ0) is 26.9. The van der Waals surface area contributed by atoms with Crippen molar-refractivity contribution in [3.05, 3.63) is 70.8 Å². The van der Waals surface area contributed by atoms with Gasteiger partial charge in [-0.15, -0.1) is 0 Å². The highest BCUT2D eigenvalue weighted by atomic mass is 16.2. The van der Waals surface area contributed by atoms with Crippen molar-refractivity contribution in [3.63, 3.8) is 0 Å². The molecule has 2 rings (SSSR count). The Morgan fingerprint density at radius 1 is 0.528 bits per heavy atom. The maximum Gasteiger partial charge on any atom is 0.269 e. The Balaban J connectivity index is 1.63. The van der Waals surface area contributed by atoms with E-state index in [2.05, 4.69) is 63.2 Å². The number of carbonyl (C=O) groups excluding carboxylic acids is 4. The van der Waals surface area contributed by atoms with Crippen LogP contribution in [0.25, 0.3) is 0 Å². The van der Waals surface area contributed by atoms with Crippen LogP contribution in [-0.4, -0.2) is 23.6 Å². The fraction of sp³-hybridized carbons (Fsp3) is 0.429. The van der Waals surface area contributed by atoms with Crippen LogP contribution in [0.1, 0.15) is 99.1 Å². The van der Waals surface area contributed by atoms with E-state index in [0.717, 1.165) is 11.1 Å². The van der Waals surface area contributed by atoms with Crippen LogP contribution in [0.2, 0.25) is 0 Å². The van der Waals surface area contributed by atoms with Gasteiger partial charge in [0, 0.05) is 24.0 Å². The van der Waals surface area contributed by atoms with Gasteiger partial charge in [-0.1, -0.05) is 65.8 Å². The lowest BCUT2D eigenvalue weighted by atomic mass is 9.87. The van der Waals surface area contributed by atoms with Crippen LogP contribution in [0, 0.1) is 0 Å². The lowest BCUT2D eigenvalue weighted by Crippen LogP contribution is -2.42. The summed E-state index contributed by atoms with van der Waals surface area (Å²) in [5, 5.41) is 0. The van der Waals surface area contributed by atoms with Gasteiger partial charge in [-0.3, -0.25) is 40.9 Å². The molecule has 194 valence electrons. The Morgan fingerprint density at radius 3 is 1.11 bits per heavy atom. The van der Waals surface area contributed by atoms with E-state index in [1.807, 2.05) is 24.3 Å². The summed E-state index contributed by atoms with van der Waals surface area (Å²) >= 11 is 0. The molecule has 0 aliphatic rings. The summed E-state index contributed by atoms with van der Waals surface area (Å²) in [6.07, 6.45) is 1.22. The first-order valence-electron chi connectivity index (χ1n) is 12.2. The number of carbonyl (C=O) groups is 4. The zero-order valence-electron chi connectivity index (χ0n) is 22.1. The minimum Gasteiger partial charge on any atom is -0.273 e. The molecule has 2 aromatic carbocycles. The monoisotopic (exact) mass is 494 g/mol. The van der Waals surface area contributed by atoms with Crippen molar-refractivity contribution in [1.82, 2.24) is 21.7 Å². The average molecular weight is 495 g/mol. The highest BCUT2D eigenvalue weighted by Gasteiger charge is 2.16. The zero-order valence-corrected chi connectivity index (χ0v) is 22.1. The second kappa shape index (κ2) is 12.3. The second-order valence-electron chi connectivity index (χ2n) is 10.9. The number of benzene rings is 2. The number of unbranched alkanes of at least 4 members (excludes halogenated alkanes) is 1. The number of rotatable bonds is 7. The Hall–Kier alpha value is -3.68. The first-order chi connectivity index (χ1) is 16.8. The molecule has 0 aliphatic heterocycles. The molecule has 0 atom stereocenters. The highest BCUT2D eigenvalue weighted by Crippen LogP contribution is 2.23. The largest absolute Gasteiger partial charge is 0.273 e. The Bertz CT molecular complexity index is 975. The van der Waals surface area contributed by atoms with Gasteiger partial charge in [0.25, 0.3) is 11.8 Å². The second-order valence-corrected chi connectivity index (χ2v) is 10.9. The van der Waals surface area contributed by atoms with Crippen molar-refractivity contribution in [2.24, 2.45) is 0 Å². The van der Waals surface area contributed by atoms with Gasteiger partial charge in [0.1, 0.15) is 0 Å². The summed E-state index contributed by atoms with van der Waals surface area (Å²) in [5.41, 5.74) is 12.7. The molecule has 36 heavy (non-hydrogen) atoms. The van der Waals surface area contributed by atoms with Crippen LogP contribution in [0.15, 0.2) is 48.5 Å². The lowest BCUT2D eigenvalue weighted by Gasteiger charge is -2.19. The van der Waals surface area contributed by atoms with Crippen LogP contribution in [-0.2, 0) is 20.4 Å². The van der Waals surface area contributed by atoms with Crippen molar-refractivity contribution in [1.29, 1.82) is 0 Å². The van der Waals surface area contributed by atoms with E-state index in [-0.39, 0.29) is 35.5 Å². The molecular weight excluding hydrogens is 456 g/mol. The summed E-state index contributed by atoms with van der Waals surface area (Å²) in [7, 11) is 0. The first kappa shape index (κ1) is 28.6. The fourth-order valence-corrected chi connectivity index (χ4v) is 3.34. The predicted octanol–water partition coefficient (Wildman–Crippen LogP) is 4.06. The quantitative estimate of drug-likeness (QED) is 0.343. The molecule has 0 aromatic heterocycles. The Morgan fingerprint density at radius 2 is 0.833 bits per heavy atom. The maximum absolute atomic E-state index is 12.2. The van der Waals surface area contributed by atoms with Crippen molar-refractivity contribution >= 4 is 23.6 Å². The summed E-state index contributed by atoms with van der Waals surface area (Å²) in [6, 6.07) is 14.5. The van der Waals surface area contributed by atoms with Gasteiger partial charge in [-0.05, 0) is 59.1 Å². The van der Waals surface area contributed by atoms with E-state index in [1.54, 1.807) is 24.3 Å². The highest BCUT2D eigenvalue weighted by molar-refractivity contribution is 5.96. The summed E-state index contributed by atoms with van der Waals surface area (Å²) in [5.74, 6) is -1.48. The van der Waals surface area contributed by atoms with Crippen molar-refractivity contribution in [2.75, 3.05) is 0 Å². The van der Waals surface area contributed by atoms with Crippen molar-refractivity contribution in [2.45, 2.75) is 78.1 Å². The molecule has 0 radical (unpaired) electrons. The van der Waals surface area contributed by atoms with Gasteiger partial charge in [0.05, 0.1) is 0 Å². The number of hydrogen-bond donors (Lipinski definition) is 4. The van der Waals surface area contributed by atoms with E-state index in [1.165, 1.54) is 0 Å². The molecule has 8 nitrogen and oxygen atoms in total. The standard InChI is InChI=1S/C28H38N4O4/c1-27(2,3)21-15-11-19(12-16-21)25(35)31-29-23(33)9-7-8-10-24(34)30-32-26(36)20-13-17-22(18-14-20)28(4,5)6/h11-18H,7-10H2,1-6H3,(H,29,33)(H,30,34)(H,31,35)(H,32,36). The third-order valence-electron chi connectivity index (χ3n) is 5.71. The fourth-order valence-electron chi connectivity index (χ4n) is 3.34. The summed E-state index contributed by atoms with van der Waals surface area (Å²) in [6.45, 7) is 12.6. The topological polar surface area (TPSA) is 116 Å². The Kier molecular flexibility index (Phi) is 9.78. The summed E-state index contributed by atoms with van der Waals surface area (Å²) in [4.78, 5) is 48.4. The molecule has 4 amide bonds. The number of hydrogen-bond acceptors (Lipinski definition) is 4. The van der Waals surface area contributed by atoms with Gasteiger partial charge in [-0.25, -0.2) is 0 Å². The molecule has 4 N–H and O–H groups in total. The van der Waals surface area contributed by atoms with Crippen LogP contribution in [0.5, 0.6) is 0 Å². The molecule has 0 spiro atoms. The van der Waals surface area contributed by atoms with Crippen LogP contribution >= 0.6 is 0 Å². The number of hydrazine groups is 2. The molecule has 0 unspecified atom stereocenters. The van der Waals surface area contributed by atoms with E-state index in [0.29, 0.717) is 24.0 Å². The van der Waals surface area contributed by atoms with Gasteiger partial charge >= 0.3 is 0 Å². The van der Waals surface area contributed by atoms with E-state index < -0.39 is 11.8 Å². The van der Waals surface area contributed by atoms with Crippen LogP contribution in [0.3, 0.4) is 0 Å². The van der Waals surface area contributed by atoms with Gasteiger partial charge in [0.15, 0.2) is 0 Å². The number of amides is 4. The SMILES string of the molecule is CC(C)(C)c1ccc(C(=O)NNC(=O)CCCCC(=O)NNC(=O)c2ccc(C(C)(C)C)cc2)cc1. The third kappa shape index (κ3) is 9.17. The minimum atomic E-state index is -0.396. The smallest absolute Gasteiger partial charge is 0.269 e. The molecule has 0 aliphatic carbocycles. The molecule has 0 fully saturated rings. The minimum absolute atomic E-state index is 0.00984. The van der Waals surface area contributed by atoms with Gasteiger partial charge in [-0.2, -0.15) is 0 Å². The van der Waals surface area contributed by atoms with Gasteiger partial charge in [0.2, 0.25) is 11.8 Å². The maximum atomic E-state index is 12.2. The van der Waals surface area contributed by atoms with E-state index in [4.69, 9.17) is 0 Å². The van der Waals surface area contributed by atoms with Crippen molar-refractivity contribution < 1.29 is 19.2 Å². The Labute approximate surface area is 213 Å². The molecule has 2 aromatic rings. The molecule has 8 heteroatoms. The van der Waals surface area contributed by atoms with E-state index >= 15 is 0 Å². The molecular formula is C28H38N4O4. The molecule has 0 saturated carbocycles. The van der Waals surface area contributed by atoms with Crippen molar-refractivity contribution in [3.8, 4) is 0 Å². The predicted molar refractivity (Wildman–Crippen MR) is 140 cm³/mol. The van der Waals surface area contributed by atoms with Crippen LogP contribution < -0.4 is 21.7 Å². The first-order valence-corrected chi connectivity index (χ1v) is 12.2. The summed E-state index contributed by atoms with van der Waals surface area (Å²) < 4.78 is 0. The van der Waals surface area contributed by atoms with E-state index in [9.17, 15) is 19.2 Å². The number of nitrogens with one attached hydrogen (secondary N) is 4. The molecule has 0 heterocycles. The van der Waals surface area contributed by atoms with Crippen LogP contribution in [0.4, 0.5) is 0 Å². The normalized spacial score (nSPS) is 11.4. The molecule has 0 saturated heterocycles. The van der Waals surface area contributed by atoms with Gasteiger partial charge < -0.3 is 0 Å². The lowest BCUT2D eigenvalue weighted by molar-refractivity contribution is -0.123. The average Bonchev–Trinajstić information content (AvgIpc) is 2.82. The third-order valence-corrected chi connectivity index (χ3v) is 5.71. The molecule has 0 bridgehead atoms.